The Balaban J connectivity index is 2.72. The van der Waals surface area contributed by atoms with Crippen molar-refractivity contribution in [3.8, 4) is 0 Å². The summed E-state index contributed by atoms with van der Waals surface area (Å²) in [6, 6.07) is 20.1. The lowest BCUT2D eigenvalue weighted by atomic mass is 9.70. The first-order valence-corrected chi connectivity index (χ1v) is 8.37. The zero-order valence-electron chi connectivity index (χ0n) is 13.3. The van der Waals surface area contributed by atoms with E-state index in [0.717, 1.165) is 11.1 Å². The van der Waals surface area contributed by atoms with Crippen molar-refractivity contribution in [1.29, 1.82) is 0 Å². The topological polar surface area (TPSA) is 20.3 Å². The van der Waals surface area contributed by atoms with Crippen LogP contribution in [-0.2, 0) is 10.2 Å². The van der Waals surface area contributed by atoms with Gasteiger partial charge in [0.15, 0.2) is 0 Å². The average Bonchev–Trinajstić information content (AvgIpc) is 2.53. The molecule has 0 N–H and O–H groups in total. The SMILES string of the molecule is CC(Br)CC(C(=O)N(C)C)(c1ccccc1)c1ccccc1. The maximum absolute atomic E-state index is 13.2. The summed E-state index contributed by atoms with van der Waals surface area (Å²) < 4.78 is 0. The molecule has 0 heterocycles. The highest BCUT2D eigenvalue weighted by Crippen LogP contribution is 2.39. The van der Waals surface area contributed by atoms with E-state index in [4.69, 9.17) is 0 Å². The minimum absolute atomic E-state index is 0.108. The van der Waals surface area contributed by atoms with E-state index >= 15 is 0 Å². The minimum Gasteiger partial charge on any atom is -0.348 e. The van der Waals surface area contributed by atoms with Crippen LogP contribution in [0.15, 0.2) is 60.7 Å². The van der Waals surface area contributed by atoms with Gasteiger partial charge in [0, 0.05) is 18.9 Å². The van der Waals surface area contributed by atoms with Crippen molar-refractivity contribution in [3.63, 3.8) is 0 Å². The Kier molecular flexibility index (Phi) is 5.41. The van der Waals surface area contributed by atoms with Gasteiger partial charge in [0.05, 0.1) is 0 Å². The Morgan fingerprint density at radius 1 is 1.00 bits per heavy atom. The smallest absolute Gasteiger partial charge is 0.237 e. The highest BCUT2D eigenvalue weighted by Gasteiger charge is 2.43. The molecule has 0 aromatic heterocycles. The predicted molar refractivity (Wildman–Crippen MR) is 95.4 cm³/mol. The summed E-state index contributed by atoms with van der Waals surface area (Å²) in [7, 11) is 3.64. The third kappa shape index (κ3) is 3.25. The van der Waals surface area contributed by atoms with E-state index in [-0.39, 0.29) is 10.7 Å². The maximum Gasteiger partial charge on any atom is 0.237 e. The molecule has 116 valence electrons. The van der Waals surface area contributed by atoms with E-state index in [1.54, 1.807) is 4.90 Å². The van der Waals surface area contributed by atoms with Crippen LogP contribution in [0.3, 0.4) is 0 Å². The Morgan fingerprint density at radius 2 is 1.41 bits per heavy atom. The number of rotatable bonds is 5. The zero-order valence-corrected chi connectivity index (χ0v) is 14.9. The van der Waals surface area contributed by atoms with Gasteiger partial charge in [-0.3, -0.25) is 4.79 Å². The monoisotopic (exact) mass is 359 g/mol. The largest absolute Gasteiger partial charge is 0.348 e. The lowest BCUT2D eigenvalue weighted by molar-refractivity contribution is -0.133. The number of amides is 1. The van der Waals surface area contributed by atoms with E-state index in [2.05, 4.69) is 22.9 Å². The molecule has 2 rings (SSSR count). The van der Waals surface area contributed by atoms with Crippen molar-refractivity contribution in [1.82, 2.24) is 4.90 Å². The van der Waals surface area contributed by atoms with Crippen molar-refractivity contribution in [3.05, 3.63) is 71.8 Å². The Labute approximate surface area is 141 Å². The fourth-order valence-corrected chi connectivity index (χ4v) is 3.47. The molecule has 0 saturated carbocycles. The standard InChI is InChI=1S/C19H22BrNO/c1-15(20)14-19(18(22)21(2)3,16-10-6-4-7-11-16)17-12-8-5-9-13-17/h4-13,15H,14H2,1-3H3. The van der Waals surface area contributed by atoms with Crippen LogP contribution >= 0.6 is 15.9 Å². The van der Waals surface area contributed by atoms with Gasteiger partial charge in [0.2, 0.25) is 5.91 Å². The molecule has 1 atom stereocenters. The maximum atomic E-state index is 13.2. The molecule has 22 heavy (non-hydrogen) atoms. The van der Waals surface area contributed by atoms with Crippen LogP contribution in [0.1, 0.15) is 24.5 Å². The molecule has 1 unspecified atom stereocenters. The number of benzene rings is 2. The predicted octanol–water partition coefficient (Wildman–Crippen LogP) is 4.23. The van der Waals surface area contributed by atoms with Gasteiger partial charge in [-0.1, -0.05) is 83.5 Å². The highest BCUT2D eigenvalue weighted by molar-refractivity contribution is 9.09. The van der Waals surface area contributed by atoms with Gasteiger partial charge in [-0.2, -0.15) is 0 Å². The van der Waals surface area contributed by atoms with Crippen LogP contribution in [0.4, 0.5) is 0 Å². The average molecular weight is 360 g/mol. The van der Waals surface area contributed by atoms with Crippen molar-refractivity contribution in [2.45, 2.75) is 23.6 Å². The molecular formula is C19H22BrNO. The van der Waals surface area contributed by atoms with Gasteiger partial charge in [-0.25, -0.2) is 0 Å². The summed E-state index contributed by atoms with van der Waals surface area (Å²) in [5, 5.41) is 0. The van der Waals surface area contributed by atoms with E-state index in [0.29, 0.717) is 6.42 Å². The molecule has 0 aliphatic heterocycles. The molecule has 0 aliphatic rings. The second kappa shape index (κ2) is 7.10. The lowest BCUT2D eigenvalue weighted by Crippen LogP contribution is -2.46. The Morgan fingerprint density at radius 3 is 1.73 bits per heavy atom. The summed E-state index contributed by atoms with van der Waals surface area (Å²) in [5.74, 6) is 0.108. The van der Waals surface area contributed by atoms with Crippen molar-refractivity contribution >= 4 is 21.8 Å². The highest BCUT2D eigenvalue weighted by atomic mass is 79.9. The normalized spacial score (nSPS) is 12.7. The number of likely N-dealkylation sites (N-methyl/N-ethyl adjacent to an activating group) is 1. The van der Waals surface area contributed by atoms with Crippen LogP contribution in [-0.4, -0.2) is 29.7 Å². The molecule has 0 radical (unpaired) electrons. The molecule has 0 saturated heterocycles. The summed E-state index contributed by atoms with van der Waals surface area (Å²) in [4.78, 5) is 15.1. The van der Waals surface area contributed by atoms with Gasteiger partial charge in [0.1, 0.15) is 5.41 Å². The number of hydrogen-bond acceptors (Lipinski definition) is 1. The molecule has 0 aliphatic carbocycles. The molecule has 2 aromatic rings. The molecule has 0 bridgehead atoms. The number of carbonyl (C=O) groups is 1. The first-order valence-electron chi connectivity index (χ1n) is 7.45. The van der Waals surface area contributed by atoms with Crippen LogP contribution in [0, 0.1) is 0 Å². The quantitative estimate of drug-likeness (QED) is 0.731. The molecular weight excluding hydrogens is 338 g/mol. The minimum atomic E-state index is -0.672. The Hall–Kier alpha value is -1.61. The van der Waals surface area contributed by atoms with Crippen molar-refractivity contribution in [2.24, 2.45) is 0 Å². The van der Waals surface area contributed by atoms with Crippen LogP contribution in [0.5, 0.6) is 0 Å². The number of halogens is 1. The third-order valence-corrected chi connectivity index (χ3v) is 4.22. The van der Waals surface area contributed by atoms with Crippen LogP contribution in [0.25, 0.3) is 0 Å². The summed E-state index contributed by atoms with van der Waals surface area (Å²) in [6.45, 7) is 2.09. The molecule has 2 aromatic carbocycles. The van der Waals surface area contributed by atoms with Crippen LogP contribution in [0.2, 0.25) is 0 Å². The number of nitrogens with zero attached hydrogens (tertiary/aromatic N) is 1. The number of alkyl halides is 1. The zero-order chi connectivity index (χ0) is 16.2. The molecule has 0 spiro atoms. The number of carbonyl (C=O) groups excluding carboxylic acids is 1. The van der Waals surface area contributed by atoms with E-state index < -0.39 is 5.41 Å². The van der Waals surface area contributed by atoms with Crippen molar-refractivity contribution < 1.29 is 4.79 Å². The third-order valence-electron chi connectivity index (χ3n) is 3.89. The first-order chi connectivity index (χ1) is 10.5. The van der Waals surface area contributed by atoms with Gasteiger partial charge in [0.25, 0.3) is 0 Å². The number of hydrogen-bond donors (Lipinski definition) is 0. The molecule has 3 heteroatoms. The van der Waals surface area contributed by atoms with E-state index in [1.165, 1.54) is 0 Å². The fourth-order valence-electron chi connectivity index (χ4n) is 2.99. The van der Waals surface area contributed by atoms with E-state index in [1.807, 2.05) is 74.8 Å². The fraction of sp³-hybridized carbons (Fsp3) is 0.316. The molecule has 0 fully saturated rings. The molecule has 2 nitrogen and oxygen atoms in total. The van der Waals surface area contributed by atoms with Gasteiger partial charge in [-0.15, -0.1) is 0 Å². The lowest BCUT2D eigenvalue weighted by Gasteiger charge is -2.37. The van der Waals surface area contributed by atoms with Gasteiger partial charge in [-0.05, 0) is 17.5 Å². The summed E-state index contributed by atoms with van der Waals surface area (Å²) in [5.41, 5.74) is 1.40. The second-order valence-corrected chi connectivity index (χ2v) is 7.39. The summed E-state index contributed by atoms with van der Waals surface area (Å²) >= 11 is 3.65. The first kappa shape index (κ1) is 16.8. The second-order valence-electron chi connectivity index (χ2n) is 5.82. The van der Waals surface area contributed by atoms with Crippen molar-refractivity contribution in [2.75, 3.05) is 14.1 Å². The van der Waals surface area contributed by atoms with Crippen LogP contribution < -0.4 is 0 Å². The van der Waals surface area contributed by atoms with E-state index in [9.17, 15) is 4.79 Å². The van der Waals surface area contributed by atoms with Gasteiger partial charge < -0.3 is 4.90 Å². The van der Waals surface area contributed by atoms with Gasteiger partial charge >= 0.3 is 0 Å². The Bertz CT molecular complexity index is 568. The summed E-state index contributed by atoms with van der Waals surface area (Å²) in [6.07, 6.45) is 0.706. The molecule has 1 amide bonds.